The number of hydrogen-bond donors (Lipinski definition) is 1. The maximum Gasteiger partial charge on any atom is 0.255 e. The van der Waals surface area contributed by atoms with Crippen molar-refractivity contribution in [1.82, 2.24) is 9.88 Å². The first-order chi connectivity index (χ1) is 14.1. The van der Waals surface area contributed by atoms with Crippen LogP contribution in [-0.2, 0) is 4.79 Å². The maximum atomic E-state index is 13.0. The summed E-state index contributed by atoms with van der Waals surface area (Å²) in [5, 5.41) is 2.77. The van der Waals surface area contributed by atoms with Gasteiger partial charge in [-0.1, -0.05) is 12.8 Å². The third-order valence-corrected chi connectivity index (χ3v) is 5.73. The van der Waals surface area contributed by atoms with Crippen molar-refractivity contribution in [2.45, 2.75) is 25.7 Å². The largest absolute Gasteiger partial charge is 0.353 e. The minimum absolute atomic E-state index is 0.226. The van der Waals surface area contributed by atoms with Crippen LogP contribution in [0.5, 0.6) is 0 Å². The molecule has 2 heterocycles. The molecule has 1 aliphatic heterocycles. The van der Waals surface area contributed by atoms with E-state index in [0.717, 1.165) is 44.8 Å². The molecule has 29 heavy (non-hydrogen) atoms. The van der Waals surface area contributed by atoms with E-state index in [9.17, 15) is 14.0 Å². The lowest BCUT2D eigenvalue weighted by Gasteiger charge is -2.36. The number of nitrogens with one attached hydrogen (secondary N) is 1. The van der Waals surface area contributed by atoms with Crippen molar-refractivity contribution in [2.75, 3.05) is 36.4 Å². The molecule has 2 fully saturated rings. The number of pyridine rings is 1. The maximum absolute atomic E-state index is 13.0. The van der Waals surface area contributed by atoms with Crippen LogP contribution in [0.25, 0.3) is 0 Å². The summed E-state index contributed by atoms with van der Waals surface area (Å²) in [6.45, 7) is 2.96. The number of carbonyl (C=O) groups is 2. The molecule has 0 spiro atoms. The molecule has 2 aliphatic rings. The van der Waals surface area contributed by atoms with Gasteiger partial charge in [-0.05, 0) is 49.2 Å². The normalized spacial score (nSPS) is 17.4. The molecule has 4 rings (SSSR count). The van der Waals surface area contributed by atoms with E-state index in [4.69, 9.17) is 0 Å². The lowest BCUT2D eigenvalue weighted by molar-refractivity contribution is -0.135. The van der Waals surface area contributed by atoms with E-state index in [0.29, 0.717) is 17.2 Å². The highest BCUT2D eigenvalue weighted by Crippen LogP contribution is 2.27. The van der Waals surface area contributed by atoms with Crippen molar-refractivity contribution in [3.63, 3.8) is 0 Å². The third kappa shape index (κ3) is 4.55. The van der Waals surface area contributed by atoms with Gasteiger partial charge in [0.1, 0.15) is 11.6 Å². The smallest absolute Gasteiger partial charge is 0.255 e. The molecule has 1 aromatic heterocycles. The SMILES string of the molecule is O=C(Nc1ccc(N2CCN(C(=O)C3CCCC3)CC2)nc1)c1ccc(F)cc1. The van der Waals surface area contributed by atoms with Gasteiger partial charge in [0.15, 0.2) is 0 Å². The van der Waals surface area contributed by atoms with Gasteiger partial charge in [0.2, 0.25) is 5.91 Å². The van der Waals surface area contributed by atoms with Gasteiger partial charge in [-0.25, -0.2) is 9.37 Å². The average Bonchev–Trinajstić information content (AvgIpc) is 3.29. The molecule has 7 heteroatoms. The predicted molar refractivity (Wildman–Crippen MR) is 109 cm³/mol. The number of halogens is 1. The number of aromatic nitrogens is 1. The summed E-state index contributed by atoms with van der Waals surface area (Å²) in [6.07, 6.45) is 6.03. The molecule has 2 aromatic rings. The van der Waals surface area contributed by atoms with Gasteiger partial charge < -0.3 is 15.1 Å². The summed E-state index contributed by atoms with van der Waals surface area (Å²) in [5.74, 6) is 0.687. The van der Waals surface area contributed by atoms with Gasteiger partial charge >= 0.3 is 0 Å². The van der Waals surface area contributed by atoms with E-state index in [1.165, 1.54) is 37.1 Å². The minimum atomic E-state index is -0.377. The topological polar surface area (TPSA) is 65.5 Å². The zero-order valence-electron chi connectivity index (χ0n) is 16.3. The Hall–Kier alpha value is -2.96. The Bertz CT molecular complexity index is 855. The predicted octanol–water partition coefficient (Wildman–Crippen LogP) is 3.31. The van der Waals surface area contributed by atoms with E-state index >= 15 is 0 Å². The van der Waals surface area contributed by atoms with Gasteiger partial charge in [-0.2, -0.15) is 0 Å². The second-order valence-corrected chi connectivity index (χ2v) is 7.66. The van der Waals surface area contributed by atoms with Crippen LogP contribution in [0.4, 0.5) is 15.9 Å². The molecular weight excluding hydrogens is 371 g/mol. The number of anilines is 2. The van der Waals surface area contributed by atoms with Crippen molar-refractivity contribution in [3.8, 4) is 0 Å². The first-order valence-electron chi connectivity index (χ1n) is 10.2. The minimum Gasteiger partial charge on any atom is -0.353 e. The third-order valence-electron chi connectivity index (χ3n) is 5.73. The Balaban J connectivity index is 1.31. The van der Waals surface area contributed by atoms with Crippen LogP contribution in [0.3, 0.4) is 0 Å². The van der Waals surface area contributed by atoms with Gasteiger partial charge in [0, 0.05) is 37.7 Å². The lowest BCUT2D eigenvalue weighted by Crippen LogP contribution is -2.50. The van der Waals surface area contributed by atoms with Crippen molar-refractivity contribution in [3.05, 3.63) is 54.0 Å². The van der Waals surface area contributed by atoms with Crippen LogP contribution >= 0.6 is 0 Å². The van der Waals surface area contributed by atoms with E-state index < -0.39 is 0 Å². The first-order valence-corrected chi connectivity index (χ1v) is 10.2. The summed E-state index contributed by atoms with van der Waals surface area (Å²) >= 11 is 0. The number of piperazine rings is 1. The Morgan fingerprint density at radius 3 is 2.28 bits per heavy atom. The highest BCUT2D eigenvalue weighted by molar-refractivity contribution is 6.04. The molecule has 0 unspecified atom stereocenters. The van der Waals surface area contributed by atoms with E-state index in [2.05, 4.69) is 15.2 Å². The zero-order chi connectivity index (χ0) is 20.2. The molecule has 2 amide bonds. The fourth-order valence-electron chi connectivity index (χ4n) is 4.04. The number of nitrogens with zero attached hydrogens (tertiary/aromatic N) is 3. The van der Waals surface area contributed by atoms with Crippen LogP contribution in [0.15, 0.2) is 42.6 Å². The van der Waals surface area contributed by atoms with Gasteiger partial charge in [-0.3, -0.25) is 9.59 Å². The standard InChI is InChI=1S/C22H25FN4O2/c23-18-7-5-16(6-8-18)21(28)25-19-9-10-20(24-15-19)26-11-13-27(14-12-26)22(29)17-3-1-2-4-17/h5-10,15,17H,1-4,11-14H2,(H,25,28). The van der Waals surface area contributed by atoms with Crippen molar-refractivity contribution >= 4 is 23.3 Å². The summed E-state index contributed by atoms with van der Waals surface area (Å²) in [6, 6.07) is 9.08. The Morgan fingerprint density at radius 1 is 0.966 bits per heavy atom. The van der Waals surface area contributed by atoms with Crippen LogP contribution in [0.1, 0.15) is 36.0 Å². The molecule has 0 atom stereocenters. The Labute approximate surface area is 169 Å². The van der Waals surface area contributed by atoms with E-state index in [-0.39, 0.29) is 17.6 Å². The highest BCUT2D eigenvalue weighted by atomic mass is 19.1. The van der Waals surface area contributed by atoms with Crippen molar-refractivity contribution in [2.24, 2.45) is 5.92 Å². The Morgan fingerprint density at radius 2 is 1.66 bits per heavy atom. The summed E-state index contributed by atoms with van der Waals surface area (Å²) < 4.78 is 13.0. The second-order valence-electron chi connectivity index (χ2n) is 7.66. The second kappa shape index (κ2) is 8.59. The van der Waals surface area contributed by atoms with Crippen LogP contribution in [-0.4, -0.2) is 47.9 Å². The van der Waals surface area contributed by atoms with Crippen molar-refractivity contribution < 1.29 is 14.0 Å². The van der Waals surface area contributed by atoms with E-state index in [1.807, 2.05) is 11.0 Å². The molecule has 1 aromatic carbocycles. The fraction of sp³-hybridized carbons (Fsp3) is 0.409. The number of amides is 2. The number of rotatable bonds is 4. The molecule has 0 radical (unpaired) electrons. The van der Waals surface area contributed by atoms with Gasteiger partial charge in [0.25, 0.3) is 5.91 Å². The molecule has 1 aliphatic carbocycles. The quantitative estimate of drug-likeness (QED) is 0.861. The summed E-state index contributed by atoms with van der Waals surface area (Å²) in [5.41, 5.74) is 0.969. The molecule has 1 N–H and O–H groups in total. The van der Waals surface area contributed by atoms with Crippen molar-refractivity contribution in [1.29, 1.82) is 0 Å². The summed E-state index contributed by atoms with van der Waals surface area (Å²) in [7, 11) is 0. The number of carbonyl (C=O) groups excluding carboxylic acids is 2. The van der Waals surface area contributed by atoms with Crippen LogP contribution in [0.2, 0.25) is 0 Å². The van der Waals surface area contributed by atoms with Crippen LogP contribution in [0, 0.1) is 11.7 Å². The van der Waals surface area contributed by atoms with Gasteiger partial charge in [-0.15, -0.1) is 0 Å². The fourth-order valence-corrected chi connectivity index (χ4v) is 4.04. The summed E-state index contributed by atoms with van der Waals surface area (Å²) in [4.78, 5) is 33.4. The molecule has 6 nitrogen and oxygen atoms in total. The monoisotopic (exact) mass is 396 g/mol. The molecule has 1 saturated heterocycles. The van der Waals surface area contributed by atoms with E-state index in [1.54, 1.807) is 12.3 Å². The number of hydrogen-bond acceptors (Lipinski definition) is 4. The zero-order valence-corrected chi connectivity index (χ0v) is 16.3. The molecule has 0 bridgehead atoms. The molecular formula is C22H25FN4O2. The molecule has 152 valence electrons. The average molecular weight is 396 g/mol. The molecule has 1 saturated carbocycles. The van der Waals surface area contributed by atoms with Gasteiger partial charge in [0.05, 0.1) is 11.9 Å². The lowest BCUT2D eigenvalue weighted by atomic mass is 10.1. The number of benzene rings is 1. The Kier molecular flexibility index (Phi) is 5.74. The highest BCUT2D eigenvalue weighted by Gasteiger charge is 2.29. The van der Waals surface area contributed by atoms with Crippen LogP contribution < -0.4 is 10.2 Å². The first kappa shape index (κ1) is 19.4.